The number of carbonyl (C=O) groups excluding carboxylic acids is 1. The number of hydrogen-bond acceptors (Lipinski definition) is 4. The van der Waals surface area contributed by atoms with Crippen molar-refractivity contribution < 1.29 is 13.9 Å². The van der Waals surface area contributed by atoms with Gasteiger partial charge in [-0.15, -0.1) is 0 Å². The summed E-state index contributed by atoms with van der Waals surface area (Å²) in [5.74, 6) is -0.978. The van der Waals surface area contributed by atoms with Gasteiger partial charge in [-0.25, -0.2) is 9.18 Å². The Hall–Kier alpha value is -2.40. The van der Waals surface area contributed by atoms with Crippen LogP contribution in [0.1, 0.15) is 22.3 Å². The second-order valence-electron chi connectivity index (χ2n) is 6.03. The number of esters is 1. The number of benzene rings is 2. The second kappa shape index (κ2) is 7.45. The normalized spacial score (nSPS) is 17.7. The number of hydrogen-bond donors (Lipinski definition) is 1. The van der Waals surface area contributed by atoms with E-state index in [4.69, 9.17) is 4.74 Å². The number of halogens is 1. The molecule has 0 amide bonds. The Morgan fingerprint density at radius 2 is 2.08 bits per heavy atom. The zero-order chi connectivity index (χ0) is 16.9. The summed E-state index contributed by atoms with van der Waals surface area (Å²) in [6.45, 7) is 2.78. The Kier molecular flexibility index (Phi) is 5.11. The van der Waals surface area contributed by atoms with Crippen molar-refractivity contribution >= 4 is 11.7 Å². The average molecular weight is 328 g/mol. The smallest absolute Gasteiger partial charge is 0.340 e. The Morgan fingerprint density at radius 3 is 2.83 bits per heavy atom. The van der Waals surface area contributed by atoms with Crippen molar-refractivity contribution in [3.63, 3.8) is 0 Å². The summed E-state index contributed by atoms with van der Waals surface area (Å²) in [6.07, 6.45) is 0.977. The maximum Gasteiger partial charge on any atom is 0.340 e. The van der Waals surface area contributed by atoms with E-state index in [9.17, 15) is 9.18 Å². The van der Waals surface area contributed by atoms with Gasteiger partial charge in [0.15, 0.2) is 0 Å². The molecule has 3 rings (SSSR count). The Balaban J connectivity index is 1.64. The minimum Gasteiger partial charge on any atom is -0.465 e. The van der Waals surface area contributed by atoms with Gasteiger partial charge in [-0.3, -0.25) is 4.90 Å². The molecule has 1 aliphatic heterocycles. The van der Waals surface area contributed by atoms with Crippen molar-refractivity contribution in [3.8, 4) is 0 Å². The van der Waals surface area contributed by atoms with Crippen LogP contribution in [0.5, 0.6) is 0 Å². The lowest BCUT2D eigenvalue weighted by atomic mass is 10.1. The molecule has 0 spiro atoms. The first kappa shape index (κ1) is 16.5. The first-order valence-electron chi connectivity index (χ1n) is 8.06. The summed E-state index contributed by atoms with van der Waals surface area (Å²) in [5, 5.41) is 3.36. The van der Waals surface area contributed by atoms with E-state index in [0.717, 1.165) is 26.1 Å². The SMILES string of the molecule is COC(=O)c1cc(F)ccc1NC1CCN(Cc2ccccc2)C1. The molecule has 0 saturated carbocycles. The highest BCUT2D eigenvalue weighted by atomic mass is 19.1. The lowest BCUT2D eigenvalue weighted by Crippen LogP contribution is -2.26. The van der Waals surface area contributed by atoms with Crippen LogP contribution in [-0.4, -0.2) is 37.1 Å². The Labute approximate surface area is 141 Å². The van der Waals surface area contributed by atoms with Gasteiger partial charge < -0.3 is 10.1 Å². The van der Waals surface area contributed by atoms with Crippen molar-refractivity contribution in [1.82, 2.24) is 4.90 Å². The van der Waals surface area contributed by atoms with Crippen LogP contribution in [0.15, 0.2) is 48.5 Å². The predicted molar refractivity (Wildman–Crippen MR) is 91.5 cm³/mol. The van der Waals surface area contributed by atoms with Crippen LogP contribution in [0.2, 0.25) is 0 Å². The molecule has 1 fully saturated rings. The molecule has 0 aliphatic carbocycles. The van der Waals surface area contributed by atoms with E-state index in [1.165, 1.54) is 24.8 Å². The van der Waals surface area contributed by atoms with Gasteiger partial charge in [0.1, 0.15) is 5.82 Å². The molecular weight excluding hydrogens is 307 g/mol. The van der Waals surface area contributed by atoms with E-state index in [0.29, 0.717) is 5.69 Å². The van der Waals surface area contributed by atoms with Gasteiger partial charge in [-0.2, -0.15) is 0 Å². The molecule has 126 valence electrons. The molecule has 1 heterocycles. The molecule has 2 aromatic carbocycles. The number of anilines is 1. The molecule has 4 nitrogen and oxygen atoms in total. The zero-order valence-corrected chi connectivity index (χ0v) is 13.7. The van der Waals surface area contributed by atoms with Gasteiger partial charge in [0, 0.05) is 31.4 Å². The molecular formula is C19H21FN2O2. The molecule has 1 aliphatic rings. The summed E-state index contributed by atoms with van der Waals surface area (Å²) in [5.41, 5.74) is 2.14. The Morgan fingerprint density at radius 1 is 1.29 bits per heavy atom. The first-order chi connectivity index (χ1) is 11.7. The summed E-state index contributed by atoms with van der Waals surface area (Å²) in [6, 6.07) is 14.7. The van der Waals surface area contributed by atoms with Gasteiger partial charge in [0.05, 0.1) is 12.7 Å². The molecule has 0 bridgehead atoms. The largest absolute Gasteiger partial charge is 0.465 e. The molecule has 24 heavy (non-hydrogen) atoms. The van der Waals surface area contributed by atoms with E-state index >= 15 is 0 Å². The van der Waals surface area contributed by atoms with Crippen molar-refractivity contribution in [2.75, 3.05) is 25.5 Å². The maximum atomic E-state index is 13.4. The molecule has 0 radical (unpaired) electrons. The number of methoxy groups -OCH3 is 1. The first-order valence-corrected chi connectivity index (χ1v) is 8.06. The van der Waals surface area contributed by atoms with E-state index in [1.807, 2.05) is 18.2 Å². The topological polar surface area (TPSA) is 41.6 Å². The lowest BCUT2D eigenvalue weighted by molar-refractivity contribution is 0.0601. The number of nitrogens with one attached hydrogen (secondary N) is 1. The molecule has 0 aromatic heterocycles. The predicted octanol–water partition coefficient (Wildman–Crippen LogP) is 3.30. The van der Waals surface area contributed by atoms with Gasteiger partial charge >= 0.3 is 5.97 Å². The molecule has 1 saturated heterocycles. The quantitative estimate of drug-likeness (QED) is 0.855. The number of likely N-dealkylation sites (tertiary alicyclic amines) is 1. The third-order valence-corrected chi connectivity index (χ3v) is 4.27. The van der Waals surface area contributed by atoms with Crippen LogP contribution in [0.3, 0.4) is 0 Å². The summed E-state index contributed by atoms with van der Waals surface area (Å²) < 4.78 is 18.2. The fourth-order valence-corrected chi connectivity index (χ4v) is 3.08. The van der Waals surface area contributed by atoms with Crippen LogP contribution in [0.4, 0.5) is 10.1 Å². The fourth-order valence-electron chi connectivity index (χ4n) is 3.08. The highest BCUT2D eigenvalue weighted by molar-refractivity contribution is 5.95. The fraction of sp³-hybridized carbons (Fsp3) is 0.316. The van der Waals surface area contributed by atoms with E-state index < -0.39 is 11.8 Å². The second-order valence-corrected chi connectivity index (χ2v) is 6.03. The van der Waals surface area contributed by atoms with Gasteiger partial charge in [0.2, 0.25) is 0 Å². The summed E-state index contributed by atoms with van der Waals surface area (Å²) in [7, 11) is 1.30. The Bertz CT molecular complexity index is 706. The van der Waals surface area contributed by atoms with Crippen molar-refractivity contribution in [1.29, 1.82) is 0 Å². The molecule has 2 aromatic rings. The number of carbonyl (C=O) groups is 1. The third kappa shape index (κ3) is 3.92. The zero-order valence-electron chi connectivity index (χ0n) is 13.7. The highest BCUT2D eigenvalue weighted by Crippen LogP contribution is 2.22. The third-order valence-electron chi connectivity index (χ3n) is 4.27. The van der Waals surface area contributed by atoms with Crippen LogP contribution < -0.4 is 5.32 Å². The molecule has 1 N–H and O–H groups in total. The van der Waals surface area contributed by atoms with Crippen molar-refractivity contribution in [2.24, 2.45) is 0 Å². The highest BCUT2D eigenvalue weighted by Gasteiger charge is 2.24. The van der Waals surface area contributed by atoms with E-state index in [1.54, 1.807) is 6.07 Å². The van der Waals surface area contributed by atoms with Crippen LogP contribution in [0, 0.1) is 5.82 Å². The average Bonchev–Trinajstić information content (AvgIpc) is 3.03. The van der Waals surface area contributed by atoms with Gasteiger partial charge in [0.25, 0.3) is 0 Å². The maximum absolute atomic E-state index is 13.4. The van der Waals surface area contributed by atoms with E-state index in [2.05, 4.69) is 22.3 Å². The van der Waals surface area contributed by atoms with Crippen molar-refractivity contribution in [3.05, 3.63) is 65.5 Å². The molecule has 1 atom stereocenters. The lowest BCUT2D eigenvalue weighted by Gasteiger charge is -2.18. The van der Waals surface area contributed by atoms with E-state index in [-0.39, 0.29) is 11.6 Å². The van der Waals surface area contributed by atoms with Crippen LogP contribution >= 0.6 is 0 Å². The standard InChI is InChI=1S/C19H21FN2O2/c1-24-19(23)17-11-15(20)7-8-18(17)21-16-9-10-22(13-16)12-14-5-3-2-4-6-14/h2-8,11,16,21H,9-10,12-13H2,1H3. The molecule has 5 heteroatoms. The van der Waals surface area contributed by atoms with Crippen molar-refractivity contribution in [2.45, 2.75) is 19.0 Å². The number of ether oxygens (including phenoxy) is 1. The minimum absolute atomic E-state index is 0.225. The number of nitrogens with zero attached hydrogens (tertiary/aromatic N) is 1. The summed E-state index contributed by atoms with van der Waals surface area (Å²) >= 11 is 0. The van der Waals surface area contributed by atoms with Gasteiger partial charge in [-0.05, 0) is 30.2 Å². The van der Waals surface area contributed by atoms with Crippen LogP contribution in [-0.2, 0) is 11.3 Å². The summed E-state index contributed by atoms with van der Waals surface area (Å²) in [4.78, 5) is 14.2. The molecule has 1 unspecified atom stereocenters. The van der Waals surface area contributed by atoms with Crippen LogP contribution in [0.25, 0.3) is 0 Å². The minimum atomic E-state index is -0.531. The number of rotatable bonds is 5. The monoisotopic (exact) mass is 328 g/mol. The van der Waals surface area contributed by atoms with Gasteiger partial charge in [-0.1, -0.05) is 30.3 Å².